The second kappa shape index (κ2) is 10.1. The molecular formula is C13H27NS5. The zero-order valence-corrected chi connectivity index (χ0v) is 17.1. The molecule has 0 aliphatic rings. The standard InChI is InChI=1S/C13H27NS5/c1-10(2)8-16-14(17-9-11(3)4)12(15)18-19-13(5,6)7/h10-11H,8-9H2,1-7H3. The molecule has 0 radical (unpaired) electrons. The van der Waals surface area contributed by atoms with E-state index in [4.69, 9.17) is 12.2 Å². The van der Waals surface area contributed by atoms with Gasteiger partial charge in [0.2, 0.25) is 0 Å². The largest absolute Gasteiger partial charge is 0.241 e. The molecule has 0 bridgehead atoms. The van der Waals surface area contributed by atoms with Crippen LogP contribution in [0.2, 0.25) is 0 Å². The molecule has 0 aliphatic carbocycles. The maximum absolute atomic E-state index is 5.57. The first-order valence-corrected chi connectivity index (χ1v) is 11.0. The van der Waals surface area contributed by atoms with Crippen LogP contribution in [0.5, 0.6) is 0 Å². The Morgan fingerprint density at radius 3 is 1.74 bits per heavy atom. The number of hydrogen-bond donors (Lipinski definition) is 0. The van der Waals surface area contributed by atoms with Crippen LogP contribution in [0, 0.1) is 11.8 Å². The maximum atomic E-state index is 5.57. The van der Waals surface area contributed by atoms with E-state index in [2.05, 4.69) is 52.2 Å². The van der Waals surface area contributed by atoms with Gasteiger partial charge in [0.05, 0.1) is 0 Å². The van der Waals surface area contributed by atoms with Crippen molar-refractivity contribution in [3.05, 3.63) is 0 Å². The van der Waals surface area contributed by atoms with Crippen molar-refractivity contribution < 1.29 is 0 Å². The first kappa shape index (κ1) is 20.3. The number of thiocarbonyl (C=S) groups is 1. The van der Waals surface area contributed by atoms with Gasteiger partial charge in [-0.05, 0) is 58.7 Å². The molecule has 0 aliphatic heterocycles. The van der Waals surface area contributed by atoms with E-state index in [1.165, 1.54) is 0 Å². The van der Waals surface area contributed by atoms with E-state index in [0.717, 1.165) is 15.8 Å². The van der Waals surface area contributed by atoms with Gasteiger partial charge < -0.3 is 0 Å². The van der Waals surface area contributed by atoms with Crippen LogP contribution in [0.3, 0.4) is 0 Å². The Kier molecular flexibility index (Phi) is 10.8. The van der Waals surface area contributed by atoms with Crippen molar-refractivity contribution in [2.75, 3.05) is 11.5 Å². The quantitative estimate of drug-likeness (QED) is 0.294. The molecule has 0 aromatic heterocycles. The van der Waals surface area contributed by atoms with Crippen LogP contribution in [0.4, 0.5) is 0 Å². The highest BCUT2D eigenvalue weighted by molar-refractivity contribution is 8.84. The minimum Gasteiger partial charge on any atom is -0.241 e. The summed E-state index contributed by atoms with van der Waals surface area (Å²) in [5, 5.41) is 0. The van der Waals surface area contributed by atoms with Crippen molar-refractivity contribution in [2.24, 2.45) is 11.8 Å². The first-order valence-electron chi connectivity index (χ1n) is 6.57. The van der Waals surface area contributed by atoms with Gasteiger partial charge in [-0.3, -0.25) is 0 Å². The van der Waals surface area contributed by atoms with Gasteiger partial charge in [0, 0.05) is 16.3 Å². The average molecular weight is 358 g/mol. The highest BCUT2D eigenvalue weighted by atomic mass is 33.1. The van der Waals surface area contributed by atoms with Crippen LogP contribution in [0.1, 0.15) is 48.5 Å². The van der Waals surface area contributed by atoms with Gasteiger partial charge in [-0.25, -0.2) is 3.71 Å². The smallest absolute Gasteiger partial charge is 0.167 e. The molecule has 0 atom stereocenters. The number of nitrogens with zero attached hydrogens (tertiary/aromatic N) is 1. The predicted octanol–water partition coefficient (Wildman–Crippen LogP) is 6.36. The summed E-state index contributed by atoms with van der Waals surface area (Å²) in [6, 6.07) is 0. The van der Waals surface area contributed by atoms with Gasteiger partial charge in [0.1, 0.15) is 0 Å². The van der Waals surface area contributed by atoms with Crippen molar-refractivity contribution in [2.45, 2.75) is 53.2 Å². The van der Waals surface area contributed by atoms with E-state index in [9.17, 15) is 0 Å². The van der Waals surface area contributed by atoms with Crippen LogP contribution >= 0.6 is 57.7 Å². The monoisotopic (exact) mass is 357 g/mol. The molecule has 0 aromatic carbocycles. The maximum Gasteiger partial charge on any atom is 0.167 e. The summed E-state index contributed by atoms with van der Waals surface area (Å²) < 4.78 is 3.46. The van der Waals surface area contributed by atoms with Gasteiger partial charge >= 0.3 is 0 Å². The van der Waals surface area contributed by atoms with E-state index < -0.39 is 0 Å². The molecule has 114 valence electrons. The summed E-state index contributed by atoms with van der Waals surface area (Å²) in [6.45, 7) is 15.7. The third-order valence-electron chi connectivity index (χ3n) is 1.56. The number of hydrogen-bond acceptors (Lipinski definition) is 5. The molecule has 0 saturated heterocycles. The van der Waals surface area contributed by atoms with Gasteiger partial charge in [-0.2, -0.15) is 0 Å². The van der Waals surface area contributed by atoms with E-state index in [-0.39, 0.29) is 4.75 Å². The third kappa shape index (κ3) is 12.7. The van der Waals surface area contributed by atoms with Crippen molar-refractivity contribution in [3.63, 3.8) is 0 Å². The van der Waals surface area contributed by atoms with Crippen molar-refractivity contribution >= 4 is 62.0 Å². The molecule has 0 saturated carbocycles. The minimum atomic E-state index is 0.242. The van der Waals surface area contributed by atoms with E-state index in [1.54, 1.807) is 10.8 Å². The first-order chi connectivity index (χ1) is 8.61. The van der Waals surface area contributed by atoms with Crippen LogP contribution in [-0.4, -0.2) is 24.3 Å². The zero-order chi connectivity index (χ0) is 15.1. The topological polar surface area (TPSA) is 3.24 Å². The Balaban J connectivity index is 4.32. The molecule has 0 aromatic rings. The van der Waals surface area contributed by atoms with Gasteiger partial charge in [-0.1, -0.05) is 59.3 Å². The molecule has 0 spiro atoms. The SMILES string of the molecule is CC(C)CSN(SCC(C)C)C(=S)SSC(C)(C)C. The van der Waals surface area contributed by atoms with E-state index >= 15 is 0 Å². The highest BCUT2D eigenvalue weighted by Gasteiger charge is 2.18. The summed E-state index contributed by atoms with van der Waals surface area (Å²) >= 11 is 9.28. The Bertz CT molecular complexity index is 248. The molecular weight excluding hydrogens is 330 g/mol. The fourth-order valence-corrected chi connectivity index (χ4v) is 5.52. The fraction of sp³-hybridized carbons (Fsp3) is 0.923. The Labute approximate surface area is 141 Å². The van der Waals surface area contributed by atoms with Crippen LogP contribution in [0.25, 0.3) is 0 Å². The summed E-state index contributed by atoms with van der Waals surface area (Å²) in [6.07, 6.45) is 0. The highest BCUT2D eigenvalue weighted by Crippen LogP contribution is 2.40. The Morgan fingerprint density at radius 2 is 1.42 bits per heavy atom. The minimum absolute atomic E-state index is 0.242. The summed E-state index contributed by atoms with van der Waals surface area (Å²) in [7, 11) is 3.57. The van der Waals surface area contributed by atoms with Gasteiger partial charge in [0.25, 0.3) is 0 Å². The molecule has 0 fully saturated rings. The Morgan fingerprint density at radius 1 is 1.00 bits per heavy atom. The Hall–Kier alpha value is 1.29. The lowest BCUT2D eigenvalue weighted by molar-refractivity contribution is 0.741. The second-order valence-corrected chi connectivity index (χ2v) is 11.9. The van der Waals surface area contributed by atoms with E-state index in [1.807, 2.05) is 34.7 Å². The molecule has 6 heteroatoms. The molecule has 1 nitrogen and oxygen atoms in total. The summed E-state index contributed by atoms with van der Waals surface area (Å²) in [5.74, 6) is 3.61. The molecule has 19 heavy (non-hydrogen) atoms. The van der Waals surface area contributed by atoms with Crippen molar-refractivity contribution in [3.8, 4) is 0 Å². The summed E-state index contributed by atoms with van der Waals surface area (Å²) in [5.41, 5.74) is 0. The van der Waals surface area contributed by atoms with Crippen molar-refractivity contribution in [1.82, 2.24) is 3.71 Å². The lowest BCUT2D eigenvalue weighted by Crippen LogP contribution is -2.16. The van der Waals surface area contributed by atoms with E-state index in [0.29, 0.717) is 11.8 Å². The van der Waals surface area contributed by atoms with Crippen LogP contribution in [0.15, 0.2) is 0 Å². The van der Waals surface area contributed by atoms with Gasteiger partial charge in [-0.15, -0.1) is 0 Å². The number of rotatable bonds is 7. The predicted molar refractivity (Wildman–Crippen MR) is 104 cm³/mol. The van der Waals surface area contributed by atoms with Gasteiger partial charge in [0.15, 0.2) is 4.32 Å². The average Bonchev–Trinajstić information content (AvgIpc) is 2.24. The second-order valence-electron chi connectivity index (χ2n) is 6.18. The lowest BCUT2D eigenvalue weighted by atomic mass is 10.3. The molecule has 0 unspecified atom stereocenters. The molecule has 0 amide bonds. The van der Waals surface area contributed by atoms with Crippen LogP contribution < -0.4 is 0 Å². The lowest BCUT2D eigenvalue weighted by Gasteiger charge is -2.25. The molecule has 0 N–H and O–H groups in total. The summed E-state index contributed by atoms with van der Waals surface area (Å²) in [4.78, 5) is 0. The van der Waals surface area contributed by atoms with Crippen molar-refractivity contribution in [1.29, 1.82) is 0 Å². The zero-order valence-electron chi connectivity index (χ0n) is 13.1. The molecule has 0 heterocycles. The third-order valence-corrected chi connectivity index (χ3v) is 9.00. The normalized spacial score (nSPS) is 12.3. The molecule has 0 rings (SSSR count). The fourth-order valence-electron chi connectivity index (χ4n) is 0.767. The van der Waals surface area contributed by atoms with Crippen LogP contribution in [-0.2, 0) is 0 Å².